The molecule has 0 radical (unpaired) electrons. The van der Waals surface area contributed by atoms with E-state index in [-0.39, 0.29) is 43.3 Å². The topological polar surface area (TPSA) is 131 Å². The highest BCUT2D eigenvalue weighted by molar-refractivity contribution is 6.98. The zero-order valence-electron chi connectivity index (χ0n) is 35.7. The van der Waals surface area contributed by atoms with Gasteiger partial charge in [0.25, 0.3) is 8.32 Å². The van der Waals surface area contributed by atoms with Gasteiger partial charge in [-0.1, -0.05) is 119 Å². The summed E-state index contributed by atoms with van der Waals surface area (Å²) < 4.78 is 46.0. The molecule has 4 rings (SSSR count). The van der Waals surface area contributed by atoms with Crippen molar-refractivity contribution in [2.75, 3.05) is 41.5 Å². The van der Waals surface area contributed by atoms with Crippen LogP contribution in [0.15, 0.2) is 78.9 Å². The molecular formula is C46H62O11Si. The molecule has 1 saturated heterocycles. The summed E-state index contributed by atoms with van der Waals surface area (Å²) in [5.74, 6) is 5.29. The molecule has 2 N–H and O–H groups in total. The van der Waals surface area contributed by atoms with E-state index in [4.69, 9.17) is 37.9 Å². The fraction of sp³-hybridized carbons (Fsp3) is 0.500. The molecule has 1 fully saturated rings. The molecule has 6 atom stereocenters. The normalized spacial score (nSPS) is 18.8. The number of carbonyl (C=O) groups is 1. The van der Waals surface area contributed by atoms with E-state index in [9.17, 15) is 14.7 Å². The molecule has 0 spiro atoms. The fourth-order valence-corrected chi connectivity index (χ4v) is 11.2. The minimum absolute atomic E-state index is 0.0636. The molecule has 1 heterocycles. The van der Waals surface area contributed by atoms with E-state index in [0.29, 0.717) is 24.2 Å². The summed E-state index contributed by atoms with van der Waals surface area (Å²) in [6.07, 6.45) is 0.911. The van der Waals surface area contributed by atoms with E-state index in [2.05, 4.69) is 32.6 Å². The second-order valence-electron chi connectivity index (χ2n) is 15.8. The number of esters is 1. The summed E-state index contributed by atoms with van der Waals surface area (Å²) in [7, 11) is 1.28. The minimum Gasteiger partial charge on any atom is -0.497 e. The molecule has 3 aromatic rings. The standard InChI is InChI=1S/C46H62O11Si/c1-11-26-53-44(48)41-34(27-35(52-10)28-40(41)55-31-51-9)23-25-39(54-30-50-8)43-42(56-46(6,7)57-43)38(47)24-22-32(2)33(3)29-45(4,5)58(49,36-18-14-12-15-19-36)37-20-16-13-17-21-37/h12-21,23,25,27-28,32-33,38-39,42-43,47,49H,11,26,29-31H2,1-10H3/b25-23+/t32-,33-,38?,39?,42?,43?/m1/s1. The predicted molar refractivity (Wildman–Crippen MR) is 227 cm³/mol. The van der Waals surface area contributed by atoms with Gasteiger partial charge in [0.05, 0.1) is 13.7 Å². The van der Waals surface area contributed by atoms with Crippen LogP contribution in [-0.4, -0.2) is 95.9 Å². The maximum atomic E-state index is 13.4. The monoisotopic (exact) mass is 818 g/mol. The molecule has 58 heavy (non-hydrogen) atoms. The van der Waals surface area contributed by atoms with Crippen LogP contribution < -0.4 is 19.8 Å². The van der Waals surface area contributed by atoms with Gasteiger partial charge in [-0.05, 0) is 59.6 Å². The first kappa shape index (κ1) is 46.7. The van der Waals surface area contributed by atoms with Gasteiger partial charge in [-0.2, -0.15) is 0 Å². The Morgan fingerprint density at radius 3 is 2.10 bits per heavy atom. The van der Waals surface area contributed by atoms with Crippen LogP contribution in [0.4, 0.5) is 0 Å². The molecule has 0 aliphatic carbocycles. The van der Waals surface area contributed by atoms with E-state index in [0.717, 1.165) is 10.4 Å². The average Bonchev–Trinajstić information content (AvgIpc) is 3.55. The van der Waals surface area contributed by atoms with Gasteiger partial charge >= 0.3 is 5.97 Å². The lowest BCUT2D eigenvalue weighted by Crippen LogP contribution is -2.65. The molecule has 12 heteroatoms. The van der Waals surface area contributed by atoms with Crippen LogP contribution in [0.25, 0.3) is 6.08 Å². The first-order chi connectivity index (χ1) is 27.6. The lowest BCUT2D eigenvalue weighted by molar-refractivity contribution is -0.164. The molecule has 0 aromatic heterocycles. The molecule has 1 aliphatic rings. The van der Waals surface area contributed by atoms with Crippen LogP contribution in [0.5, 0.6) is 11.5 Å². The highest BCUT2D eigenvalue weighted by atomic mass is 28.4. The van der Waals surface area contributed by atoms with Crippen molar-refractivity contribution in [1.82, 2.24) is 0 Å². The van der Waals surface area contributed by atoms with Gasteiger partial charge in [-0.3, -0.25) is 0 Å². The van der Waals surface area contributed by atoms with Crippen molar-refractivity contribution < 1.29 is 52.6 Å². The molecule has 316 valence electrons. The maximum Gasteiger partial charge on any atom is 0.342 e. The molecule has 0 bridgehead atoms. The Balaban J connectivity index is 1.62. The van der Waals surface area contributed by atoms with Crippen LogP contribution in [0.3, 0.4) is 0 Å². The van der Waals surface area contributed by atoms with Crippen LogP contribution in [0.1, 0.15) is 77.2 Å². The van der Waals surface area contributed by atoms with Gasteiger partial charge in [-0.15, -0.1) is 0 Å². The number of rotatable bonds is 20. The first-order valence-electron chi connectivity index (χ1n) is 19.8. The van der Waals surface area contributed by atoms with E-state index in [1.54, 1.807) is 38.1 Å². The van der Waals surface area contributed by atoms with E-state index in [1.165, 1.54) is 21.3 Å². The zero-order chi connectivity index (χ0) is 42.5. The minimum atomic E-state index is -3.23. The summed E-state index contributed by atoms with van der Waals surface area (Å²) in [6, 6.07) is 23.2. The third-order valence-corrected chi connectivity index (χ3v) is 15.0. The smallest absolute Gasteiger partial charge is 0.342 e. The van der Waals surface area contributed by atoms with Gasteiger partial charge in [0.1, 0.15) is 48.3 Å². The Kier molecular flexibility index (Phi) is 17.1. The van der Waals surface area contributed by atoms with Crippen molar-refractivity contribution in [2.45, 2.75) is 96.5 Å². The lowest BCUT2D eigenvalue weighted by Gasteiger charge is -2.43. The lowest BCUT2D eigenvalue weighted by atomic mass is 9.87. The number of hydrogen-bond donors (Lipinski definition) is 2. The quantitative estimate of drug-likeness (QED) is 0.0575. The van der Waals surface area contributed by atoms with Crippen LogP contribution in [0, 0.1) is 23.7 Å². The van der Waals surface area contributed by atoms with Crippen molar-refractivity contribution in [3.8, 4) is 23.3 Å². The van der Waals surface area contributed by atoms with Crippen molar-refractivity contribution in [2.24, 2.45) is 11.8 Å². The third-order valence-electron chi connectivity index (χ3n) is 10.5. The number of benzene rings is 3. The number of aliphatic hydroxyl groups excluding tert-OH is 1. The Bertz CT molecular complexity index is 1800. The van der Waals surface area contributed by atoms with Gasteiger partial charge in [0.15, 0.2) is 12.6 Å². The summed E-state index contributed by atoms with van der Waals surface area (Å²) in [5.41, 5.74) is 0.618. The second-order valence-corrected chi connectivity index (χ2v) is 19.7. The first-order valence-corrected chi connectivity index (χ1v) is 21.7. The van der Waals surface area contributed by atoms with E-state index in [1.807, 2.05) is 74.5 Å². The summed E-state index contributed by atoms with van der Waals surface area (Å²) in [4.78, 5) is 26.1. The highest BCUT2D eigenvalue weighted by Crippen LogP contribution is 2.43. The van der Waals surface area contributed by atoms with Crippen molar-refractivity contribution in [3.05, 3.63) is 90.0 Å². The van der Waals surface area contributed by atoms with Crippen molar-refractivity contribution in [1.29, 1.82) is 0 Å². The van der Waals surface area contributed by atoms with Crippen LogP contribution in [0.2, 0.25) is 5.04 Å². The Morgan fingerprint density at radius 2 is 1.53 bits per heavy atom. The summed E-state index contributed by atoms with van der Waals surface area (Å²) >= 11 is 0. The zero-order valence-corrected chi connectivity index (χ0v) is 36.7. The average molecular weight is 819 g/mol. The van der Waals surface area contributed by atoms with E-state index < -0.39 is 49.5 Å². The molecule has 3 aromatic carbocycles. The Labute approximate surface area is 345 Å². The number of carbonyl (C=O) groups excluding carboxylic acids is 1. The molecule has 4 unspecified atom stereocenters. The van der Waals surface area contributed by atoms with Gasteiger partial charge in [0, 0.05) is 26.2 Å². The van der Waals surface area contributed by atoms with Gasteiger partial charge < -0.3 is 47.8 Å². The van der Waals surface area contributed by atoms with Gasteiger partial charge in [0.2, 0.25) is 0 Å². The van der Waals surface area contributed by atoms with Crippen LogP contribution >= 0.6 is 0 Å². The number of hydrogen-bond acceptors (Lipinski definition) is 11. The summed E-state index contributed by atoms with van der Waals surface area (Å²) in [6.45, 7) is 13.9. The summed E-state index contributed by atoms with van der Waals surface area (Å²) in [5, 5.41) is 13.1. The molecular weight excluding hydrogens is 757 g/mol. The number of ether oxygens (including phenoxy) is 8. The largest absolute Gasteiger partial charge is 0.497 e. The number of aliphatic hydroxyl groups is 1. The van der Waals surface area contributed by atoms with Crippen molar-refractivity contribution >= 4 is 30.7 Å². The van der Waals surface area contributed by atoms with Crippen LogP contribution in [-0.2, 0) is 28.4 Å². The molecule has 1 aliphatic heterocycles. The fourth-order valence-electron chi connectivity index (χ4n) is 7.38. The number of methoxy groups -OCH3 is 3. The Hall–Kier alpha value is -4.03. The molecule has 0 amide bonds. The molecule has 0 saturated carbocycles. The third kappa shape index (κ3) is 11.6. The predicted octanol–water partition coefficient (Wildman–Crippen LogP) is 6.33. The van der Waals surface area contributed by atoms with Crippen molar-refractivity contribution in [3.63, 3.8) is 0 Å². The van der Waals surface area contributed by atoms with E-state index >= 15 is 0 Å². The maximum absolute atomic E-state index is 13.4. The molecule has 11 nitrogen and oxygen atoms in total. The Morgan fingerprint density at radius 1 is 0.931 bits per heavy atom. The second kappa shape index (κ2) is 21.3. The highest BCUT2D eigenvalue weighted by Gasteiger charge is 2.51. The van der Waals surface area contributed by atoms with Gasteiger partial charge in [-0.25, -0.2) is 4.79 Å². The SMILES string of the molecule is CCCOC(=O)c1c(/C=C/C(OCOC)C2OC(C)(C)OC2C(O)C#C[C@@H](C)[C@H](C)CC(C)(C)[Si](O)(c2ccccc2)c2ccccc2)cc(OC)cc1OCOC.